The summed E-state index contributed by atoms with van der Waals surface area (Å²) < 4.78 is 1.86. The summed E-state index contributed by atoms with van der Waals surface area (Å²) in [5.74, 6) is 0.000647. The van der Waals surface area contributed by atoms with Gasteiger partial charge in [-0.2, -0.15) is 5.10 Å². The number of hydrogen-bond donors (Lipinski definition) is 1. The number of hydrogen-bond acceptors (Lipinski definition) is 5. The molecule has 0 saturated carbocycles. The molecule has 1 amide bonds. The second-order valence-electron chi connectivity index (χ2n) is 6.88. The first-order chi connectivity index (χ1) is 13.3. The van der Waals surface area contributed by atoms with Crippen LogP contribution in [0.4, 0.5) is 5.69 Å². The topological polar surface area (TPSA) is 72.7 Å². The predicted molar refractivity (Wildman–Crippen MR) is 112 cm³/mol. The molecule has 2 aromatic heterocycles. The molecule has 0 saturated heterocycles. The monoisotopic (exact) mass is 395 g/mol. The van der Waals surface area contributed by atoms with Crippen LogP contribution < -0.4 is 5.32 Å². The number of amides is 1. The highest BCUT2D eigenvalue weighted by Gasteiger charge is 2.11. The van der Waals surface area contributed by atoms with Crippen LogP contribution in [0.5, 0.6) is 0 Å². The number of nitrogens with zero attached hydrogens (tertiary/aromatic N) is 4. The van der Waals surface area contributed by atoms with E-state index < -0.39 is 0 Å². The lowest BCUT2D eigenvalue weighted by atomic mass is 10.1. The van der Waals surface area contributed by atoms with E-state index in [0.717, 1.165) is 44.1 Å². The first-order valence-corrected chi connectivity index (χ1v) is 10.0. The predicted octanol–water partition coefficient (Wildman–Crippen LogP) is 4.17. The molecular formula is C21H25N5OS. The molecule has 6 nitrogen and oxygen atoms in total. The van der Waals surface area contributed by atoms with Crippen LogP contribution in [-0.2, 0) is 18.3 Å². The summed E-state index contributed by atoms with van der Waals surface area (Å²) in [5.41, 5.74) is 5.95. The fourth-order valence-corrected chi connectivity index (χ4v) is 3.95. The third-order valence-electron chi connectivity index (χ3n) is 4.57. The zero-order valence-corrected chi connectivity index (χ0v) is 17.7. The van der Waals surface area contributed by atoms with Crippen LogP contribution in [0.1, 0.15) is 34.8 Å². The molecule has 0 fully saturated rings. The maximum absolute atomic E-state index is 12.3. The first-order valence-electron chi connectivity index (χ1n) is 9.21. The summed E-state index contributed by atoms with van der Waals surface area (Å²) in [4.78, 5) is 22.2. The van der Waals surface area contributed by atoms with Gasteiger partial charge in [0.15, 0.2) is 5.16 Å². The number of anilines is 1. The molecule has 1 aromatic carbocycles. The van der Waals surface area contributed by atoms with E-state index in [9.17, 15) is 4.79 Å². The van der Waals surface area contributed by atoms with Crippen molar-refractivity contribution in [3.8, 4) is 0 Å². The van der Waals surface area contributed by atoms with Crippen LogP contribution >= 0.6 is 11.8 Å². The summed E-state index contributed by atoms with van der Waals surface area (Å²) in [6.45, 7) is 7.94. The molecule has 0 unspecified atom stereocenters. The Morgan fingerprint density at radius 2 is 1.71 bits per heavy atom. The second kappa shape index (κ2) is 8.56. The van der Waals surface area contributed by atoms with Gasteiger partial charge in [0, 0.05) is 41.1 Å². The Balaban J connectivity index is 1.57. The van der Waals surface area contributed by atoms with Gasteiger partial charge in [-0.25, -0.2) is 9.97 Å². The molecule has 28 heavy (non-hydrogen) atoms. The number of aromatic nitrogens is 4. The Labute approximate surface area is 169 Å². The molecule has 0 radical (unpaired) electrons. The lowest BCUT2D eigenvalue weighted by molar-refractivity contribution is -0.116. The van der Waals surface area contributed by atoms with Gasteiger partial charge in [0.25, 0.3) is 0 Å². The molecule has 0 spiro atoms. The average molecular weight is 396 g/mol. The number of rotatable bonds is 6. The fraction of sp³-hybridized carbons (Fsp3) is 0.333. The van der Waals surface area contributed by atoms with Crippen LogP contribution in [0, 0.1) is 27.7 Å². The Morgan fingerprint density at radius 3 is 2.29 bits per heavy atom. The smallest absolute Gasteiger partial charge is 0.224 e. The van der Waals surface area contributed by atoms with E-state index in [0.29, 0.717) is 12.8 Å². The van der Waals surface area contributed by atoms with Crippen molar-refractivity contribution in [2.24, 2.45) is 7.05 Å². The van der Waals surface area contributed by atoms with Crippen LogP contribution in [0.15, 0.2) is 40.4 Å². The molecule has 146 valence electrons. The summed E-state index contributed by atoms with van der Waals surface area (Å²) in [5, 5.41) is 8.09. The maximum atomic E-state index is 12.3. The van der Waals surface area contributed by atoms with Crippen molar-refractivity contribution in [3.63, 3.8) is 0 Å². The standard InChI is InChI=1S/C21H25N5OS/c1-13-12-14(2)23-21(22-13)28-18-8-6-17(7-9-18)24-20(27)11-10-19-15(3)25-26(5)16(19)4/h6-9,12H,10-11H2,1-5H3,(H,24,27). The average Bonchev–Trinajstić information content (AvgIpc) is 2.86. The van der Waals surface area contributed by atoms with E-state index in [1.165, 1.54) is 11.8 Å². The van der Waals surface area contributed by atoms with Crippen LogP contribution in [0.3, 0.4) is 0 Å². The number of aryl methyl sites for hydroxylation is 4. The lowest BCUT2D eigenvalue weighted by Crippen LogP contribution is -2.12. The van der Waals surface area contributed by atoms with Gasteiger partial charge in [0.2, 0.25) is 5.91 Å². The van der Waals surface area contributed by atoms with Crippen LogP contribution in [0.2, 0.25) is 0 Å². The SMILES string of the molecule is Cc1cc(C)nc(Sc2ccc(NC(=O)CCc3c(C)nn(C)c3C)cc2)n1. The third kappa shape index (κ3) is 4.98. The van der Waals surface area contributed by atoms with Crippen molar-refractivity contribution < 1.29 is 4.79 Å². The Bertz CT molecular complexity index is 975. The van der Waals surface area contributed by atoms with Crippen molar-refractivity contribution >= 4 is 23.4 Å². The highest BCUT2D eigenvalue weighted by Crippen LogP contribution is 2.26. The molecule has 7 heteroatoms. The number of carbonyl (C=O) groups is 1. The first kappa shape index (κ1) is 20.1. The largest absolute Gasteiger partial charge is 0.326 e. The van der Waals surface area contributed by atoms with E-state index in [1.54, 1.807) is 0 Å². The van der Waals surface area contributed by atoms with E-state index in [4.69, 9.17) is 0 Å². The Hall–Kier alpha value is -2.67. The zero-order chi connectivity index (χ0) is 20.3. The summed E-state index contributed by atoms with van der Waals surface area (Å²) >= 11 is 1.51. The number of carbonyl (C=O) groups excluding carboxylic acids is 1. The van der Waals surface area contributed by atoms with Gasteiger partial charge in [-0.15, -0.1) is 0 Å². The quantitative estimate of drug-likeness (QED) is 0.634. The molecule has 2 heterocycles. The summed E-state index contributed by atoms with van der Waals surface area (Å²) in [7, 11) is 1.93. The Morgan fingerprint density at radius 1 is 1.07 bits per heavy atom. The highest BCUT2D eigenvalue weighted by molar-refractivity contribution is 7.99. The van der Waals surface area contributed by atoms with Crippen molar-refractivity contribution in [1.82, 2.24) is 19.7 Å². The minimum Gasteiger partial charge on any atom is -0.326 e. The van der Waals surface area contributed by atoms with Gasteiger partial charge in [-0.1, -0.05) is 0 Å². The van der Waals surface area contributed by atoms with E-state index >= 15 is 0 Å². The minimum atomic E-state index is 0.000647. The molecule has 3 aromatic rings. The molecule has 3 rings (SSSR count). The van der Waals surface area contributed by atoms with E-state index in [1.807, 2.05) is 69.8 Å². The molecule has 0 bridgehead atoms. The van der Waals surface area contributed by atoms with E-state index in [2.05, 4.69) is 20.4 Å². The maximum Gasteiger partial charge on any atom is 0.224 e. The minimum absolute atomic E-state index is 0.000647. The van der Waals surface area contributed by atoms with Crippen LogP contribution in [0.25, 0.3) is 0 Å². The third-order valence-corrected chi connectivity index (χ3v) is 5.44. The van der Waals surface area contributed by atoms with Crippen molar-refractivity contribution in [2.45, 2.75) is 50.6 Å². The number of nitrogens with one attached hydrogen (secondary N) is 1. The van der Waals surface area contributed by atoms with Gasteiger partial charge in [-0.05, 0) is 81.8 Å². The van der Waals surface area contributed by atoms with Crippen molar-refractivity contribution in [2.75, 3.05) is 5.32 Å². The molecule has 0 aliphatic heterocycles. The van der Waals surface area contributed by atoms with Crippen molar-refractivity contribution in [3.05, 3.63) is 58.7 Å². The summed E-state index contributed by atoms with van der Waals surface area (Å²) in [6, 6.07) is 9.71. The van der Waals surface area contributed by atoms with Crippen molar-refractivity contribution in [1.29, 1.82) is 0 Å². The van der Waals surface area contributed by atoms with Gasteiger partial charge in [-0.3, -0.25) is 9.48 Å². The molecule has 0 aliphatic rings. The number of benzene rings is 1. The van der Waals surface area contributed by atoms with Gasteiger partial charge < -0.3 is 5.32 Å². The van der Waals surface area contributed by atoms with Gasteiger partial charge in [0.05, 0.1) is 5.69 Å². The van der Waals surface area contributed by atoms with Gasteiger partial charge in [0.1, 0.15) is 0 Å². The zero-order valence-electron chi connectivity index (χ0n) is 16.9. The second-order valence-corrected chi connectivity index (χ2v) is 7.92. The molecule has 0 aliphatic carbocycles. The fourth-order valence-electron chi connectivity index (χ4n) is 3.09. The van der Waals surface area contributed by atoms with Gasteiger partial charge >= 0.3 is 0 Å². The van der Waals surface area contributed by atoms with E-state index in [-0.39, 0.29) is 5.91 Å². The molecule has 0 atom stereocenters. The van der Waals surface area contributed by atoms with Crippen LogP contribution in [-0.4, -0.2) is 25.7 Å². The highest BCUT2D eigenvalue weighted by atomic mass is 32.2. The normalized spacial score (nSPS) is 10.9. The molecule has 1 N–H and O–H groups in total. The molecular weight excluding hydrogens is 370 g/mol. The lowest BCUT2D eigenvalue weighted by Gasteiger charge is -2.07. The summed E-state index contributed by atoms with van der Waals surface area (Å²) in [6.07, 6.45) is 1.12. The Kier molecular flexibility index (Phi) is 6.14.